The van der Waals surface area contributed by atoms with Gasteiger partial charge in [0, 0.05) is 10.7 Å². The number of benzene rings is 1. The van der Waals surface area contributed by atoms with Gasteiger partial charge in [-0.25, -0.2) is 0 Å². The van der Waals surface area contributed by atoms with Gasteiger partial charge in [0.05, 0.1) is 6.54 Å². The highest BCUT2D eigenvalue weighted by Gasteiger charge is 2.08. The predicted molar refractivity (Wildman–Crippen MR) is 80.9 cm³/mol. The van der Waals surface area contributed by atoms with Gasteiger partial charge in [-0.05, 0) is 64.3 Å². The standard InChI is InChI=1S/C14H22ClN3O/c1-11-9-12(15)5-6-13(11)17-14(19)10-18(3)8-4-7-16-2/h5-6,9,16H,4,7-8,10H2,1-3H3,(H,17,19). The van der Waals surface area contributed by atoms with Gasteiger partial charge in [-0.1, -0.05) is 11.6 Å². The Kier molecular flexibility index (Phi) is 6.84. The van der Waals surface area contributed by atoms with Crippen molar-refractivity contribution < 1.29 is 4.79 Å². The molecule has 0 atom stereocenters. The van der Waals surface area contributed by atoms with Crippen LogP contribution in [-0.2, 0) is 4.79 Å². The SMILES string of the molecule is CNCCCN(C)CC(=O)Nc1ccc(Cl)cc1C. The molecule has 0 bridgehead atoms. The fraction of sp³-hybridized carbons (Fsp3) is 0.500. The molecule has 1 aromatic rings. The number of anilines is 1. The van der Waals surface area contributed by atoms with E-state index < -0.39 is 0 Å². The molecule has 1 aromatic carbocycles. The molecule has 0 aliphatic carbocycles. The van der Waals surface area contributed by atoms with Crippen molar-refractivity contribution in [2.24, 2.45) is 0 Å². The summed E-state index contributed by atoms with van der Waals surface area (Å²) in [6.07, 6.45) is 1.03. The average Bonchev–Trinajstić information content (AvgIpc) is 2.33. The summed E-state index contributed by atoms with van der Waals surface area (Å²) in [5.41, 5.74) is 1.79. The fourth-order valence-corrected chi connectivity index (χ4v) is 2.03. The van der Waals surface area contributed by atoms with Gasteiger partial charge in [0.2, 0.25) is 5.91 Å². The highest BCUT2D eigenvalue weighted by atomic mass is 35.5. The van der Waals surface area contributed by atoms with E-state index in [9.17, 15) is 4.79 Å². The topological polar surface area (TPSA) is 44.4 Å². The van der Waals surface area contributed by atoms with Crippen molar-refractivity contribution in [1.29, 1.82) is 0 Å². The summed E-state index contributed by atoms with van der Waals surface area (Å²) in [5.74, 6) is -0.00243. The second-order valence-electron chi connectivity index (χ2n) is 4.70. The van der Waals surface area contributed by atoms with Crippen molar-refractivity contribution in [2.45, 2.75) is 13.3 Å². The number of aryl methyl sites for hydroxylation is 1. The number of halogens is 1. The van der Waals surface area contributed by atoms with E-state index in [0.717, 1.165) is 30.8 Å². The zero-order chi connectivity index (χ0) is 14.3. The molecule has 0 unspecified atom stereocenters. The first-order chi connectivity index (χ1) is 9.02. The molecular formula is C14H22ClN3O. The first kappa shape index (κ1) is 16.0. The molecule has 0 aliphatic heterocycles. The first-order valence-corrected chi connectivity index (χ1v) is 6.80. The quantitative estimate of drug-likeness (QED) is 0.754. The van der Waals surface area contributed by atoms with Crippen molar-refractivity contribution in [3.63, 3.8) is 0 Å². The lowest BCUT2D eigenvalue weighted by molar-refractivity contribution is -0.117. The zero-order valence-electron chi connectivity index (χ0n) is 11.8. The van der Waals surface area contributed by atoms with Crippen LogP contribution in [0.4, 0.5) is 5.69 Å². The van der Waals surface area contributed by atoms with E-state index in [1.807, 2.05) is 38.1 Å². The number of carbonyl (C=O) groups excluding carboxylic acids is 1. The molecule has 1 amide bonds. The molecule has 19 heavy (non-hydrogen) atoms. The van der Waals surface area contributed by atoms with Crippen LogP contribution in [0.5, 0.6) is 0 Å². The van der Waals surface area contributed by atoms with Gasteiger partial charge in [0.15, 0.2) is 0 Å². The summed E-state index contributed by atoms with van der Waals surface area (Å²) in [6, 6.07) is 5.45. The lowest BCUT2D eigenvalue weighted by Crippen LogP contribution is -2.32. The summed E-state index contributed by atoms with van der Waals surface area (Å²) < 4.78 is 0. The van der Waals surface area contributed by atoms with Crippen LogP contribution >= 0.6 is 11.6 Å². The maximum Gasteiger partial charge on any atom is 0.238 e. The molecule has 0 heterocycles. The van der Waals surface area contributed by atoms with Gasteiger partial charge in [0.25, 0.3) is 0 Å². The Morgan fingerprint density at radius 1 is 1.42 bits per heavy atom. The lowest BCUT2D eigenvalue weighted by atomic mass is 10.2. The second-order valence-corrected chi connectivity index (χ2v) is 5.14. The van der Waals surface area contributed by atoms with Gasteiger partial charge in [-0.3, -0.25) is 9.69 Å². The maximum atomic E-state index is 11.9. The molecule has 0 radical (unpaired) electrons. The van der Waals surface area contributed by atoms with Crippen molar-refractivity contribution in [2.75, 3.05) is 39.0 Å². The Balaban J connectivity index is 2.42. The lowest BCUT2D eigenvalue weighted by Gasteiger charge is -2.16. The normalized spacial score (nSPS) is 10.8. The third-order valence-corrected chi connectivity index (χ3v) is 3.08. The molecule has 4 nitrogen and oxygen atoms in total. The summed E-state index contributed by atoms with van der Waals surface area (Å²) in [4.78, 5) is 13.9. The Morgan fingerprint density at radius 2 is 2.16 bits per heavy atom. The van der Waals surface area contributed by atoms with E-state index >= 15 is 0 Å². The van der Waals surface area contributed by atoms with Gasteiger partial charge in [0.1, 0.15) is 0 Å². The van der Waals surface area contributed by atoms with E-state index in [1.54, 1.807) is 6.07 Å². The summed E-state index contributed by atoms with van der Waals surface area (Å²) in [6.45, 7) is 4.18. The summed E-state index contributed by atoms with van der Waals surface area (Å²) in [5, 5.41) is 6.67. The van der Waals surface area contributed by atoms with Gasteiger partial charge in [-0.2, -0.15) is 0 Å². The number of nitrogens with one attached hydrogen (secondary N) is 2. The van der Waals surface area contributed by atoms with Crippen LogP contribution < -0.4 is 10.6 Å². The molecule has 0 fully saturated rings. The van der Waals surface area contributed by atoms with Crippen molar-refractivity contribution in [3.8, 4) is 0 Å². The molecular weight excluding hydrogens is 262 g/mol. The van der Waals surface area contributed by atoms with Crippen molar-refractivity contribution in [3.05, 3.63) is 28.8 Å². The van der Waals surface area contributed by atoms with E-state index in [0.29, 0.717) is 11.6 Å². The molecule has 5 heteroatoms. The highest BCUT2D eigenvalue weighted by molar-refractivity contribution is 6.30. The number of carbonyl (C=O) groups is 1. The minimum absolute atomic E-state index is 0.00243. The Labute approximate surface area is 120 Å². The van der Waals surface area contributed by atoms with Crippen LogP contribution in [0.1, 0.15) is 12.0 Å². The highest BCUT2D eigenvalue weighted by Crippen LogP contribution is 2.19. The Hall–Kier alpha value is -1.10. The van der Waals surface area contributed by atoms with Gasteiger partial charge >= 0.3 is 0 Å². The molecule has 0 saturated heterocycles. The maximum absolute atomic E-state index is 11.9. The number of rotatable bonds is 7. The number of likely N-dealkylation sites (N-methyl/N-ethyl adjacent to an activating group) is 1. The number of amides is 1. The summed E-state index contributed by atoms with van der Waals surface area (Å²) >= 11 is 5.88. The smallest absolute Gasteiger partial charge is 0.238 e. The van der Waals surface area contributed by atoms with Gasteiger partial charge < -0.3 is 10.6 Å². The van der Waals surface area contributed by atoms with Gasteiger partial charge in [-0.15, -0.1) is 0 Å². The van der Waals surface area contributed by atoms with Crippen LogP contribution in [0, 0.1) is 6.92 Å². The van der Waals surface area contributed by atoms with E-state index in [4.69, 9.17) is 11.6 Å². The van der Waals surface area contributed by atoms with Crippen LogP contribution in [0.25, 0.3) is 0 Å². The largest absolute Gasteiger partial charge is 0.325 e. The minimum Gasteiger partial charge on any atom is -0.325 e. The minimum atomic E-state index is -0.00243. The molecule has 106 valence electrons. The molecule has 0 aliphatic rings. The molecule has 0 saturated carbocycles. The van der Waals surface area contributed by atoms with E-state index in [1.165, 1.54) is 0 Å². The molecule has 1 rings (SSSR count). The Bertz CT molecular complexity index is 423. The van der Waals surface area contributed by atoms with Crippen LogP contribution in [-0.4, -0.2) is 44.5 Å². The first-order valence-electron chi connectivity index (χ1n) is 6.42. The number of nitrogens with zero attached hydrogens (tertiary/aromatic N) is 1. The van der Waals surface area contributed by atoms with E-state index in [2.05, 4.69) is 10.6 Å². The van der Waals surface area contributed by atoms with Crippen molar-refractivity contribution >= 4 is 23.2 Å². The third kappa shape index (κ3) is 6.05. The van der Waals surface area contributed by atoms with Crippen LogP contribution in [0.3, 0.4) is 0 Å². The predicted octanol–water partition coefficient (Wildman–Crippen LogP) is 2.13. The molecule has 0 spiro atoms. The zero-order valence-corrected chi connectivity index (χ0v) is 12.5. The molecule has 2 N–H and O–H groups in total. The van der Waals surface area contributed by atoms with E-state index in [-0.39, 0.29) is 5.91 Å². The number of hydrogen-bond acceptors (Lipinski definition) is 3. The summed E-state index contributed by atoms with van der Waals surface area (Å²) in [7, 11) is 3.87. The molecule has 0 aromatic heterocycles. The monoisotopic (exact) mass is 283 g/mol. The fourth-order valence-electron chi connectivity index (χ4n) is 1.81. The third-order valence-electron chi connectivity index (χ3n) is 2.84. The van der Waals surface area contributed by atoms with Crippen molar-refractivity contribution in [1.82, 2.24) is 10.2 Å². The van der Waals surface area contributed by atoms with Crippen LogP contribution in [0.15, 0.2) is 18.2 Å². The average molecular weight is 284 g/mol. The second kappa shape index (κ2) is 8.15. The Morgan fingerprint density at radius 3 is 2.79 bits per heavy atom. The number of hydrogen-bond donors (Lipinski definition) is 2. The van der Waals surface area contributed by atoms with Crippen LogP contribution in [0.2, 0.25) is 5.02 Å².